The van der Waals surface area contributed by atoms with Gasteiger partial charge in [-0.3, -0.25) is 14.4 Å². The van der Waals surface area contributed by atoms with Gasteiger partial charge in [0.15, 0.2) is 0 Å². The van der Waals surface area contributed by atoms with Crippen molar-refractivity contribution >= 4 is 5.91 Å². The number of nitrogens with zero attached hydrogens (tertiary/aromatic N) is 4. The van der Waals surface area contributed by atoms with E-state index in [2.05, 4.69) is 52.6 Å². The normalized spacial score (nSPS) is 28.4. The Morgan fingerprint density at radius 2 is 1.96 bits per heavy atom. The summed E-state index contributed by atoms with van der Waals surface area (Å²) >= 11 is 0. The van der Waals surface area contributed by atoms with Crippen molar-refractivity contribution in [3.8, 4) is 0 Å². The number of nitrogens with one attached hydrogen (secondary N) is 1. The molecule has 0 aliphatic carbocycles. The van der Waals surface area contributed by atoms with Gasteiger partial charge >= 0.3 is 0 Å². The summed E-state index contributed by atoms with van der Waals surface area (Å²) in [5.74, 6) is 1.12. The molecule has 0 spiro atoms. The minimum atomic E-state index is 0.117. The molecular weight excluding hydrogens is 350 g/mol. The second kappa shape index (κ2) is 8.05. The molecule has 0 radical (unpaired) electrons. The number of benzene rings is 1. The van der Waals surface area contributed by atoms with Crippen LogP contribution in [0.25, 0.3) is 0 Å². The summed E-state index contributed by atoms with van der Waals surface area (Å²) in [6.45, 7) is 6.37. The third-order valence-corrected chi connectivity index (χ3v) is 6.34. The highest BCUT2D eigenvalue weighted by molar-refractivity contribution is 5.79. The fourth-order valence-electron chi connectivity index (χ4n) is 4.83. The van der Waals surface area contributed by atoms with Gasteiger partial charge in [-0.15, -0.1) is 0 Å². The van der Waals surface area contributed by atoms with Gasteiger partial charge in [-0.05, 0) is 11.5 Å². The molecular formula is C22H31N5O. The van der Waals surface area contributed by atoms with E-state index in [4.69, 9.17) is 0 Å². The van der Waals surface area contributed by atoms with Crippen LogP contribution in [0.15, 0.2) is 42.7 Å². The molecule has 1 amide bonds. The predicted molar refractivity (Wildman–Crippen MR) is 109 cm³/mol. The number of aromatic nitrogens is 2. The monoisotopic (exact) mass is 381 g/mol. The van der Waals surface area contributed by atoms with Crippen LogP contribution in [-0.2, 0) is 18.4 Å². The summed E-state index contributed by atoms with van der Waals surface area (Å²) in [5.41, 5.74) is 2.50. The van der Waals surface area contributed by atoms with E-state index in [0.717, 1.165) is 31.7 Å². The number of amides is 1. The Kier molecular flexibility index (Phi) is 5.51. The maximum Gasteiger partial charge on any atom is 0.223 e. The number of carbonyl (C=O) groups excluding carboxylic acids is 1. The zero-order valence-electron chi connectivity index (χ0n) is 17.1. The zero-order chi connectivity index (χ0) is 19.7. The fraction of sp³-hybridized carbons (Fsp3) is 0.545. The average molecular weight is 382 g/mol. The number of hydrogen-bond acceptors (Lipinski definition) is 4. The predicted octanol–water partition coefficient (Wildman–Crippen LogP) is 2.05. The Labute approximate surface area is 167 Å². The maximum absolute atomic E-state index is 12.4. The van der Waals surface area contributed by atoms with Gasteiger partial charge < -0.3 is 10.2 Å². The Hall–Kier alpha value is -2.18. The van der Waals surface area contributed by atoms with E-state index in [1.165, 1.54) is 5.56 Å². The third kappa shape index (κ3) is 3.98. The molecule has 1 N–H and O–H groups in total. The Balaban J connectivity index is 1.36. The number of likely N-dealkylation sites (tertiary alicyclic amines) is 2. The Bertz CT molecular complexity index is 804. The number of carbonyl (C=O) groups is 1. The molecule has 2 saturated heterocycles. The van der Waals surface area contributed by atoms with Crippen LogP contribution in [0.3, 0.4) is 0 Å². The van der Waals surface area contributed by atoms with Crippen LogP contribution >= 0.6 is 0 Å². The van der Waals surface area contributed by atoms with Crippen molar-refractivity contribution in [2.24, 2.45) is 18.9 Å². The minimum absolute atomic E-state index is 0.117. The van der Waals surface area contributed by atoms with Crippen molar-refractivity contribution in [2.45, 2.75) is 32.0 Å². The molecule has 3 heterocycles. The van der Waals surface area contributed by atoms with Crippen LogP contribution in [0.1, 0.15) is 30.5 Å². The largest absolute Gasteiger partial charge is 0.338 e. The zero-order valence-corrected chi connectivity index (χ0v) is 17.1. The van der Waals surface area contributed by atoms with Gasteiger partial charge in [0.25, 0.3) is 0 Å². The van der Waals surface area contributed by atoms with Crippen LogP contribution in [-0.4, -0.2) is 58.2 Å². The second-order valence-electron chi connectivity index (χ2n) is 8.53. The summed E-state index contributed by atoms with van der Waals surface area (Å²) in [6.07, 6.45) is 4.54. The van der Waals surface area contributed by atoms with Crippen LogP contribution in [0.5, 0.6) is 0 Å². The van der Waals surface area contributed by atoms with Crippen LogP contribution in [0.2, 0.25) is 0 Å². The first-order valence-electron chi connectivity index (χ1n) is 10.2. The van der Waals surface area contributed by atoms with Gasteiger partial charge in [-0.2, -0.15) is 5.10 Å². The molecule has 6 nitrogen and oxygen atoms in total. The number of rotatable bonds is 6. The molecule has 1 aromatic heterocycles. The first-order valence-corrected chi connectivity index (χ1v) is 10.2. The molecule has 2 aliphatic heterocycles. The SMILES string of the molecule is C[C@@H]1CN(Cc2ccccc2)C[C@@H]1NC[C@@H]1CC(=O)N(C)[C@H]1c1cnn(C)c1. The van der Waals surface area contributed by atoms with Crippen LogP contribution in [0, 0.1) is 11.8 Å². The van der Waals surface area contributed by atoms with E-state index in [9.17, 15) is 4.79 Å². The fourth-order valence-corrected chi connectivity index (χ4v) is 4.83. The van der Waals surface area contributed by atoms with Crippen LogP contribution < -0.4 is 5.32 Å². The molecule has 150 valence electrons. The topological polar surface area (TPSA) is 53.4 Å². The molecule has 0 bridgehead atoms. The molecule has 4 atom stereocenters. The Morgan fingerprint density at radius 1 is 1.18 bits per heavy atom. The van der Waals surface area contributed by atoms with E-state index in [1.54, 1.807) is 0 Å². The van der Waals surface area contributed by atoms with Crippen LogP contribution in [0.4, 0.5) is 0 Å². The third-order valence-electron chi connectivity index (χ3n) is 6.34. The molecule has 2 aliphatic rings. The van der Waals surface area contributed by atoms with Gasteiger partial charge in [0, 0.05) is 70.4 Å². The van der Waals surface area contributed by atoms with Crippen molar-refractivity contribution in [1.82, 2.24) is 24.9 Å². The minimum Gasteiger partial charge on any atom is -0.338 e. The molecule has 0 unspecified atom stereocenters. The van der Waals surface area contributed by atoms with E-state index in [0.29, 0.717) is 18.4 Å². The summed E-state index contributed by atoms with van der Waals surface area (Å²) in [7, 11) is 3.84. The molecule has 4 rings (SSSR count). The lowest BCUT2D eigenvalue weighted by Gasteiger charge is -2.26. The van der Waals surface area contributed by atoms with Crippen molar-refractivity contribution < 1.29 is 4.79 Å². The standard InChI is InChI=1S/C22H31N5O/c1-16-12-27(13-17-7-5-4-6-8-17)15-20(16)23-10-18-9-21(28)26(3)22(18)19-11-24-25(2)14-19/h4-8,11,14,16,18,20,22-23H,9-10,12-13,15H2,1-3H3/t16-,18+,20+,22-/m1/s1. The van der Waals surface area contributed by atoms with E-state index >= 15 is 0 Å². The summed E-state index contributed by atoms with van der Waals surface area (Å²) < 4.78 is 1.82. The van der Waals surface area contributed by atoms with E-state index in [-0.39, 0.29) is 17.9 Å². The average Bonchev–Trinajstić information content (AvgIpc) is 3.33. The molecule has 2 fully saturated rings. The quantitative estimate of drug-likeness (QED) is 0.832. The highest BCUT2D eigenvalue weighted by Crippen LogP contribution is 2.36. The lowest BCUT2D eigenvalue weighted by atomic mass is 9.95. The Morgan fingerprint density at radius 3 is 2.68 bits per heavy atom. The molecule has 0 saturated carbocycles. The second-order valence-corrected chi connectivity index (χ2v) is 8.53. The molecule has 28 heavy (non-hydrogen) atoms. The molecule has 1 aromatic carbocycles. The van der Waals surface area contributed by atoms with E-state index in [1.807, 2.05) is 36.1 Å². The lowest BCUT2D eigenvalue weighted by molar-refractivity contribution is -0.127. The highest BCUT2D eigenvalue weighted by Gasteiger charge is 2.40. The van der Waals surface area contributed by atoms with Crippen molar-refractivity contribution in [3.63, 3.8) is 0 Å². The van der Waals surface area contributed by atoms with Gasteiger partial charge in [0.1, 0.15) is 0 Å². The molecule has 6 heteroatoms. The summed E-state index contributed by atoms with van der Waals surface area (Å²) in [5, 5.41) is 8.10. The van der Waals surface area contributed by atoms with Crippen molar-refractivity contribution in [3.05, 3.63) is 53.9 Å². The smallest absolute Gasteiger partial charge is 0.223 e. The van der Waals surface area contributed by atoms with Gasteiger partial charge in [-0.1, -0.05) is 37.3 Å². The van der Waals surface area contributed by atoms with E-state index < -0.39 is 0 Å². The maximum atomic E-state index is 12.4. The first kappa shape index (κ1) is 19.2. The lowest BCUT2D eigenvalue weighted by Crippen LogP contribution is -2.39. The number of aryl methyl sites for hydroxylation is 1. The van der Waals surface area contributed by atoms with Gasteiger partial charge in [-0.25, -0.2) is 0 Å². The molecule has 2 aromatic rings. The van der Waals surface area contributed by atoms with Gasteiger partial charge in [0.05, 0.1) is 12.2 Å². The van der Waals surface area contributed by atoms with Gasteiger partial charge in [0.2, 0.25) is 5.91 Å². The summed E-state index contributed by atoms with van der Waals surface area (Å²) in [6, 6.07) is 11.3. The summed E-state index contributed by atoms with van der Waals surface area (Å²) in [4.78, 5) is 16.8. The van der Waals surface area contributed by atoms with Crippen molar-refractivity contribution in [2.75, 3.05) is 26.7 Å². The number of hydrogen-bond donors (Lipinski definition) is 1. The highest BCUT2D eigenvalue weighted by atomic mass is 16.2. The first-order chi connectivity index (χ1) is 13.5. The van der Waals surface area contributed by atoms with Crippen molar-refractivity contribution in [1.29, 1.82) is 0 Å².